The zero-order valence-corrected chi connectivity index (χ0v) is 14.6. The number of hydrogen-bond acceptors (Lipinski definition) is 7. The van der Waals surface area contributed by atoms with Gasteiger partial charge in [0.15, 0.2) is 0 Å². The molecule has 0 atom stereocenters. The third-order valence-electron chi connectivity index (χ3n) is 2.65. The minimum atomic E-state index is -4.53. The summed E-state index contributed by atoms with van der Waals surface area (Å²) in [4.78, 5) is 12.1. The minimum absolute atomic E-state index is 0. The summed E-state index contributed by atoms with van der Waals surface area (Å²) in [6.07, 6.45) is 0. The van der Waals surface area contributed by atoms with Crippen LogP contribution in [0.15, 0.2) is 42.5 Å². The van der Waals surface area contributed by atoms with Crippen LogP contribution in [0.4, 0.5) is 17.1 Å². The van der Waals surface area contributed by atoms with E-state index in [4.69, 9.17) is 21.4 Å². The molecule has 2 aromatic rings. The van der Waals surface area contributed by atoms with E-state index < -0.39 is 15.2 Å². The van der Waals surface area contributed by atoms with E-state index in [0.29, 0.717) is 0 Å². The maximum Gasteiger partial charge on any atom is 1.00 e. The Morgan fingerprint density at radius 3 is 2.09 bits per heavy atom. The normalized spacial score (nSPS) is 10.5. The Bertz CT molecular complexity index is 800. The van der Waals surface area contributed by atoms with Crippen LogP contribution in [0.25, 0.3) is 0 Å². The largest absolute Gasteiger partial charge is 1.00 e. The predicted octanol–water partition coefficient (Wildman–Crippen LogP) is -1.90. The molecule has 0 radical (unpaired) electrons. The van der Waals surface area contributed by atoms with E-state index in [9.17, 15) is 13.2 Å². The average molecular weight is 331 g/mol. The van der Waals surface area contributed by atoms with Gasteiger partial charge in [0, 0.05) is 5.69 Å². The van der Waals surface area contributed by atoms with Crippen molar-refractivity contribution < 1.29 is 48.4 Å². The van der Waals surface area contributed by atoms with Crippen molar-refractivity contribution in [3.8, 4) is 5.75 Å². The van der Waals surface area contributed by atoms with Gasteiger partial charge in [-0.15, -0.1) is 0 Å². The van der Waals surface area contributed by atoms with Gasteiger partial charge in [0.2, 0.25) is 0 Å². The average Bonchev–Trinajstić information content (AvgIpc) is 2.42. The molecule has 0 amide bonds. The topological polar surface area (TPSA) is 138 Å². The number of benzene rings is 2. The van der Waals surface area contributed by atoms with Gasteiger partial charge in [-0.05, 0) is 24.3 Å². The quantitative estimate of drug-likeness (QED) is 0.339. The van der Waals surface area contributed by atoms with Crippen molar-refractivity contribution in [1.29, 1.82) is 0 Å². The molecule has 0 aromatic heterocycles. The number of nitrogens with two attached hydrogens (primary N) is 3. The summed E-state index contributed by atoms with van der Waals surface area (Å²) < 4.78 is 28.6. The third-order valence-corrected chi connectivity index (χ3v) is 3.74. The Balaban J connectivity index is 0.00000242. The summed E-state index contributed by atoms with van der Waals surface area (Å²) in [6.45, 7) is 0. The Kier molecular flexibility index (Phi) is 5.84. The molecule has 0 saturated heterocycles. The van der Waals surface area contributed by atoms with Crippen LogP contribution in [0.2, 0.25) is 0 Å². The van der Waals surface area contributed by atoms with Crippen LogP contribution in [-0.2, 0) is 10.1 Å². The number of hydrogen-bond donors (Lipinski definition) is 3. The predicted molar refractivity (Wildman–Crippen MR) is 81.1 cm³/mol. The van der Waals surface area contributed by atoms with Gasteiger partial charge in [0.05, 0.1) is 16.9 Å². The molecule has 6 N–H and O–H groups in total. The number of para-hydroxylation sites is 1. The number of nitrogen functional groups attached to an aromatic ring is 3. The van der Waals surface area contributed by atoms with E-state index in [1.807, 2.05) is 0 Å². The van der Waals surface area contributed by atoms with Crippen LogP contribution in [0.1, 0.15) is 11.8 Å². The molecule has 0 heterocycles. The molecule has 0 spiro atoms. The minimum Gasteiger partial charge on any atom is -1.00 e. The molecular formula is C13H14N3NaO4S. The van der Waals surface area contributed by atoms with Crippen molar-refractivity contribution in [2.75, 3.05) is 17.2 Å². The molecule has 0 aliphatic heterocycles. The summed E-state index contributed by atoms with van der Waals surface area (Å²) in [7, 11) is -4.53. The maximum atomic E-state index is 12.1. The van der Waals surface area contributed by atoms with Crippen LogP contribution in [0, 0.1) is 0 Å². The maximum absolute atomic E-state index is 12.1. The van der Waals surface area contributed by atoms with Gasteiger partial charge in [-0.3, -0.25) is 4.79 Å². The van der Waals surface area contributed by atoms with Gasteiger partial charge in [0.25, 0.3) is 0 Å². The third kappa shape index (κ3) is 3.92. The van der Waals surface area contributed by atoms with Crippen molar-refractivity contribution in [3.05, 3.63) is 48.0 Å². The molecule has 22 heavy (non-hydrogen) atoms. The molecule has 0 saturated carbocycles. The number of anilines is 3. The van der Waals surface area contributed by atoms with Gasteiger partial charge in [-0.2, -0.15) is 8.42 Å². The fourth-order valence-electron chi connectivity index (χ4n) is 1.60. The molecule has 0 aliphatic carbocycles. The molecular weight excluding hydrogens is 317 g/mol. The second kappa shape index (κ2) is 7.01. The van der Waals surface area contributed by atoms with Crippen molar-refractivity contribution in [1.82, 2.24) is 0 Å². The van der Waals surface area contributed by atoms with Crippen LogP contribution in [0.3, 0.4) is 0 Å². The Morgan fingerprint density at radius 2 is 1.50 bits per heavy atom. The van der Waals surface area contributed by atoms with Gasteiger partial charge >= 0.3 is 44.8 Å². The van der Waals surface area contributed by atoms with Gasteiger partial charge in [0.1, 0.15) is 5.75 Å². The van der Waals surface area contributed by atoms with E-state index in [-0.39, 0.29) is 59.4 Å². The fraction of sp³-hybridized carbons (Fsp3) is 0. The molecule has 0 fully saturated rings. The van der Waals surface area contributed by atoms with Crippen LogP contribution in [-0.4, -0.2) is 13.5 Å². The van der Waals surface area contributed by atoms with E-state index in [1.54, 1.807) is 18.2 Å². The molecule has 112 valence electrons. The van der Waals surface area contributed by atoms with E-state index >= 15 is 0 Å². The first-order valence-corrected chi connectivity index (χ1v) is 7.20. The molecule has 7 nitrogen and oxygen atoms in total. The molecule has 9 heteroatoms. The Labute approximate surface area is 151 Å². The van der Waals surface area contributed by atoms with Crippen molar-refractivity contribution in [2.45, 2.75) is 0 Å². The molecule has 0 bridgehead atoms. The van der Waals surface area contributed by atoms with Gasteiger partial charge in [-0.25, -0.2) is 0 Å². The number of carbonyl (C=O) groups is 1. The van der Waals surface area contributed by atoms with E-state index in [1.165, 1.54) is 18.2 Å². The Morgan fingerprint density at radius 1 is 0.955 bits per heavy atom. The first-order valence-electron chi connectivity index (χ1n) is 5.79. The first-order chi connectivity index (χ1) is 9.81. The monoisotopic (exact) mass is 331 g/mol. The van der Waals surface area contributed by atoms with E-state index in [2.05, 4.69) is 0 Å². The zero-order valence-electron chi connectivity index (χ0n) is 12.8. The second-order valence-electron chi connectivity index (χ2n) is 4.21. The van der Waals surface area contributed by atoms with Gasteiger partial charge in [-0.1, -0.05) is 18.2 Å². The van der Waals surface area contributed by atoms with Crippen LogP contribution in [0.5, 0.6) is 5.75 Å². The standard InChI is InChI=1S/C13H13N3O4S.Na.H/c14-10-7-12(16)11(15)6-9(10)13(17)21(18,19)20-8-4-2-1-3-5-8;;/h1-7H,14-16H2;;/q;+1;-1. The van der Waals surface area contributed by atoms with E-state index in [0.717, 1.165) is 6.07 Å². The van der Waals surface area contributed by atoms with Crippen molar-refractivity contribution in [3.63, 3.8) is 0 Å². The smallest absolute Gasteiger partial charge is 1.00 e. The van der Waals surface area contributed by atoms with Gasteiger partial charge < -0.3 is 22.8 Å². The van der Waals surface area contributed by atoms with Crippen molar-refractivity contribution >= 4 is 32.3 Å². The first kappa shape index (κ1) is 18.3. The fourth-order valence-corrected chi connectivity index (χ4v) is 2.49. The summed E-state index contributed by atoms with van der Waals surface area (Å²) in [6, 6.07) is 9.98. The molecule has 0 unspecified atom stereocenters. The summed E-state index contributed by atoms with van der Waals surface area (Å²) >= 11 is 0. The SMILES string of the molecule is Nc1cc(N)c(C(=O)S(=O)(=O)Oc2ccccc2)cc1N.[H-].[Na+]. The number of carbonyl (C=O) groups excluding carboxylic acids is 1. The van der Waals surface area contributed by atoms with Crippen LogP contribution >= 0.6 is 0 Å². The molecule has 2 aromatic carbocycles. The second-order valence-corrected chi connectivity index (χ2v) is 5.65. The Hall–Kier alpha value is -1.74. The summed E-state index contributed by atoms with van der Waals surface area (Å²) in [5, 5.41) is -1.28. The summed E-state index contributed by atoms with van der Waals surface area (Å²) in [5.41, 5.74) is 16.5. The summed E-state index contributed by atoms with van der Waals surface area (Å²) in [5.74, 6) is 0.0211. The molecule has 0 aliphatic rings. The van der Waals surface area contributed by atoms with Crippen LogP contribution < -0.4 is 50.9 Å². The molecule has 2 rings (SSSR count). The number of rotatable bonds is 3. The van der Waals surface area contributed by atoms with Crippen molar-refractivity contribution in [2.24, 2.45) is 0 Å². The zero-order chi connectivity index (χ0) is 15.6.